The van der Waals surface area contributed by atoms with Gasteiger partial charge in [0.2, 0.25) is 12.2 Å². The molecule has 230 valence electrons. The van der Waals surface area contributed by atoms with E-state index in [2.05, 4.69) is 22.0 Å². The van der Waals surface area contributed by atoms with Crippen molar-refractivity contribution in [2.45, 2.75) is 39.0 Å². The lowest BCUT2D eigenvalue weighted by molar-refractivity contribution is -0.412. The van der Waals surface area contributed by atoms with Gasteiger partial charge < -0.3 is 40.3 Å². The number of carboxylic acids is 2. The van der Waals surface area contributed by atoms with Crippen LogP contribution in [0.3, 0.4) is 0 Å². The molecule has 0 bridgehead atoms. The van der Waals surface area contributed by atoms with E-state index in [4.69, 9.17) is 14.6 Å². The minimum atomic E-state index is -1.51. The number of thioether (sulfide) groups is 1. The van der Waals surface area contributed by atoms with Gasteiger partial charge in [-0.05, 0) is 37.0 Å². The van der Waals surface area contributed by atoms with Gasteiger partial charge >= 0.3 is 18.1 Å². The Balaban J connectivity index is 0.00000173. The molecule has 1 aromatic rings. The van der Waals surface area contributed by atoms with E-state index in [-0.39, 0.29) is 25.0 Å². The van der Waals surface area contributed by atoms with E-state index in [1.807, 2.05) is 42.1 Å². The van der Waals surface area contributed by atoms with Crippen LogP contribution in [0.2, 0.25) is 0 Å². The van der Waals surface area contributed by atoms with E-state index in [0.29, 0.717) is 30.4 Å². The fourth-order valence-corrected chi connectivity index (χ4v) is 5.95. The number of esters is 1. The highest BCUT2D eigenvalue weighted by atomic mass is 33.1. The molecule has 0 aliphatic carbocycles. The lowest BCUT2D eigenvalue weighted by Gasteiger charge is -2.17. The summed E-state index contributed by atoms with van der Waals surface area (Å²) in [5.41, 5.74) is 5.23. The molecule has 0 spiro atoms. The number of hydrogen-bond donors (Lipinski definition) is 3. The van der Waals surface area contributed by atoms with E-state index >= 15 is 0 Å². The Morgan fingerprint density at radius 2 is 1.73 bits per heavy atom. The molecule has 1 rings (SSSR count). The molecule has 0 fully saturated rings. The molecular weight excluding hydrogens is 596 g/mol. The summed E-state index contributed by atoms with van der Waals surface area (Å²) < 4.78 is 14.4. The second-order valence-corrected chi connectivity index (χ2v) is 11.7. The molecule has 3 atom stereocenters. The number of hydrogen-bond acceptors (Lipinski definition) is 12. The maximum atomic E-state index is 12.8. The van der Waals surface area contributed by atoms with Gasteiger partial charge in [0.05, 0.1) is 30.3 Å². The lowest BCUT2D eigenvalue weighted by Crippen LogP contribution is -2.62. The van der Waals surface area contributed by atoms with E-state index in [1.165, 1.54) is 6.92 Å². The number of rotatable bonds is 18. The van der Waals surface area contributed by atoms with Crippen molar-refractivity contribution in [3.8, 4) is 0 Å². The van der Waals surface area contributed by atoms with Crippen LogP contribution in [0.5, 0.6) is 0 Å². The van der Waals surface area contributed by atoms with Crippen LogP contribution in [0.15, 0.2) is 42.5 Å². The summed E-state index contributed by atoms with van der Waals surface area (Å²) in [5, 5.41) is 19.9. The molecule has 0 heterocycles. The van der Waals surface area contributed by atoms with E-state index < -0.39 is 30.4 Å². The fraction of sp³-hybridized carbons (Fsp3) is 0.500. The lowest BCUT2D eigenvalue weighted by atomic mass is 10.0. The van der Waals surface area contributed by atoms with Crippen LogP contribution in [-0.2, 0) is 39.8 Å². The van der Waals surface area contributed by atoms with Crippen LogP contribution in [0, 0.1) is 5.92 Å². The maximum absolute atomic E-state index is 12.8. The molecule has 0 radical (unpaired) electrons. The van der Waals surface area contributed by atoms with Crippen molar-refractivity contribution in [3.63, 3.8) is 0 Å². The SMILES string of the molecule is CCOC(=O)OC(C)OC(=O)CNC(=O)[C@@H](CSSC[C@@H]([NH3+])CCSC)Cc1ccccc1.O=C([O-])/C=C/C(=O)O. The van der Waals surface area contributed by atoms with Gasteiger partial charge in [-0.15, -0.1) is 0 Å². The highest BCUT2D eigenvalue weighted by Crippen LogP contribution is 2.26. The molecule has 0 aromatic heterocycles. The first kappa shape index (κ1) is 38.1. The number of carbonyl (C=O) groups excluding carboxylic acids is 4. The Hall–Kier alpha value is -2.88. The molecule has 0 saturated carbocycles. The van der Waals surface area contributed by atoms with Gasteiger partial charge in [0.25, 0.3) is 0 Å². The zero-order valence-electron chi connectivity index (χ0n) is 23.3. The fourth-order valence-electron chi connectivity index (χ4n) is 2.75. The molecule has 0 saturated heterocycles. The first-order chi connectivity index (χ1) is 19.5. The normalized spacial score (nSPS) is 12.7. The van der Waals surface area contributed by atoms with Gasteiger partial charge in [-0.2, -0.15) is 11.8 Å². The van der Waals surface area contributed by atoms with Crippen molar-refractivity contribution in [1.82, 2.24) is 5.32 Å². The van der Waals surface area contributed by atoms with Crippen LogP contribution in [0.1, 0.15) is 25.8 Å². The molecule has 0 aliphatic heterocycles. The van der Waals surface area contributed by atoms with Crippen LogP contribution >= 0.6 is 33.3 Å². The third-order valence-electron chi connectivity index (χ3n) is 4.67. The monoisotopic (exact) mass is 634 g/mol. The van der Waals surface area contributed by atoms with Gasteiger partial charge in [0, 0.05) is 25.2 Å². The Morgan fingerprint density at radius 3 is 2.29 bits per heavy atom. The molecule has 41 heavy (non-hydrogen) atoms. The number of carboxylic acid groups (broad SMARTS) is 2. The second kappa shape index (κ2) is 23.8. The van der Waals surface area contributed by atoms with Gasteiger partial charge in [0.15, 0.2) is 0 Å². The smallest absolute Gasteiger partial charge is 0.511 e. The number of quaternary nitrogens is 1. The molecule has 1 unspecified atom stereocenters. The third-order valence-corrected chi connectivity index (χ3v) is 7.95. The number of ether oxygens (including phenoxy) is 3. The number of carbonyl (C=O) groups is 5. The second-order valence-electron chi connectivity index (χ2n) is 8.17. The summed E-state index contributed by atoms with van der Waals surface area (Å²) in [6.45, 7) is 2.88. The minimum Gasteiger partial charge on any atom is -0.545 e. The number of nitrogens with one attached hydrogen (secondary N) is 1. The van der Waals surface area contributed by atoms with Crippen molar-refractivity contribution < 1.29 is 54.1 Å². The van der Waals surface area contributed by atoms with Crippen molar-refractivity contribution in [1.29, 1.82) is 0 Å². The average molecular weight is 635 g/mol. The number of benzene rings is 1. The van der Waals surface area contributed by atoms with E-state index in [0.717, 1.165) is 23.5 Å². The zero-order chi connectivity index (χ0) is 31.0. The average Bonchev–Trinajstić information content (AvgIpc) is 2.92. The Bertz CT molecular complexity index is 950. The third kappa shape index (κ3) is 22.5. The molecule has 12 nitrogen and oxygen atoms in total. The van der Waals surface area contributed by atoms with E-state index in [1.54, 1.807) is 28.5 Å². The largest absolute Gasteiger partial charge is 0.545 e. The highest BCUT2D eigenvalue weighted by molar-refractivity contribution is 8.76. The van der Waals surface area contributed by atoms with Crippen LogP contribution in [0.4, 0.5) is 4.79 Å². The van der Waals surface area contributed by atoms with Crippen molar-refractivity contribution in [3.05, 3.63) is 48.0 Å². The standard InChI is InChI=1S/C22H34N2O6S3.C4H4O4/c1-4-28-22(27)30-16(2)29-20(25)13-24-21(26)18(12-17-8-6-5-7-9-17)14-32-33-15-19(23)10-11-31-3;5-3(6)1-2-4(7)8/h5-9,16,18-19H,4,10-15,23H2,1-3H3,(H,24,26);1-2H,(H,5,6)(H,7,8)/b;2-1+/t16?,18-,19+;/m1./s1. The van der Waals surface area contributed by atoms with Gasteiger partial charge in [-0.1, -0.05) is 51.9 Å². The van der Waals surface area contributed by atoms with Crippen molar-refractivity contribution >= 4 is 63.3 Å². The summed E-state index contributed by atoms with van der Waals surface area (Å²) in [5.74, 6) is -1.40. The van der Waals surface area contributed by atoms with Gasteiger partial charge in [-0.3, -0.25) is 9.59 Å². The van der Waals surface area contributed by atoms with Crippen LogP contribution in [-0.4, -0.2) is 84.1 Å². The predicted molar refractivity (Wildman–Crippen MR) is 157 cm³/mol. The van der Waals surface area contributed by atoms with E-state index in [9.17, 15) is 29.1 Å². The first-order valence-corrected chi connectivity index (χ1v) is 16.4. The Labute approximate surface area is 251 Å². The zero-order valence-corrected chi connectivity index (χ0v) is 25.7. The number of amides is 1. The van der Waals surface area contributed by atoms with Crippen molar-refractivity contribution in [2.75, 3.05) is 36.7 Å². The topological polar surface area (TPSA) is 196 Å². The van der Waals surface area contributed by atoms with Crippen LogP contribution in [0.25, 0.3) is 0 Å². The predicted octanol–water partition coefficient (Wildman–Crippen LogP) is 1.15. The van der Waals surface area contributed by atoms with Gasteiger partial charge in [0.1, 0.15) is 6.54 Å². The van der Waals surface area contributed by atoms with Crippen LogP contribution < -0.4 is 16.2 Å². The first-order valence-electron chi connectivity index (χ1n) is 12.5. The Morgan fingerprint density at radius 1 is 1.07 bits per heavy atom. The summed E-state index contributed by atoms with van der Waals surface area (Å²) in [4.78, 5) is 55.1. The quantitative estimate of drug-likeness (QED) is 0.0684. The highest BCUT2D eigenvalue weighted by Gasteiger charge is 2.22. The van der Waals surface area contributed by atoms with Gasteiger partial charge in [-0.25, -0.2) is 9.59 Å². The summed E-state index contributed by atoms with van der Waals surface area (Å²) in [7, 11) is 3.37. The molecule has 1 aromatic carbocycles. The molecule has 15 heteroatoms. The summed E-state index contributed by atoms with van der Waals surface area (Å²) >= 11 is 1.82. The Kier molecular flexibility index (Phi) is 22.1. The molecular formula is C26H38N2O10S3. The molecule has 0 aliphatic rings. The minimum absolute atomic E-state index is 0.155. The maximum Gasteiger partial charge on any atom is 0.511 e. The number of aliphatic carboxylic acids is 2. The summed E-state index contributed by atoms with van der Waals surface area (Å²) in [6.07, 6.45) is 2.64. The molecule has 1 amide bonds. The van der Waals surface area contributed by atoms with Crippen molar-refractivity contribution in [2.24, 2.45) is 5.92 Å². The summed E-state index contributed by atoms with van der Waals surface area (Å²) in [6, 6.07) is 10.2. The molecule has 5 N–H and O–H groups in total.